The van der Waals surface area contributed by atoms with Crippen molar-refractivity contribution in [3.8, 4) is 0 Å². The fraction of sp³-hybridized carbons (Fsp3) is 0.875. The van der Waals surface area contributed by atoms with Crippen LogP contribution in [0.3, 0.4) is 0 Å². The summed E-state index contributed by atoms with van der Waals surface area (Å²) in [6.07, 6.45) is 7.97. The normalized spacial score (nSPS) is 28.4. The zero-order valence-electron chi connectivity index (χ0n) is 13.4. The van der Waals surface area contributed by atoms with Crippen molar-refractivity contribution in [2.24, 2.45) is 5.41 Å². The largest absolute Gasteiger partial charge is 0.370 e. The summed E-state index contributed by atoms with van der Waals surface area (Å²) in [6.45, 7) is 5.54. The van der Waals surface area contributed by atoms with E-state index in [1.54, 1.807) is 7.11 Å². The first-order chi connectivity index (χ1) is 10.1. The molecule has 1 atom stereocenters. The topological polar surface area (TPSA) is 60.2 Å². The Morgan fingerprint density at radius 2 is 1.90 bits per heavy atom. The number of hydrogen-bond acceptors (Lipinski definition) is 5. The highest BCUT2D eigenvalue weighted by Crippen LogP contribution is 2.42. The summed E-state index contributed by atoms with van der Waals surface area (Å²) < 4.78 is 11.4. The van der Waals surface area contributed by atoms with Gasteiger partial charge in [-0.1, -0.05) is 38.3 Å². The molecule has 118 valence electrons. The van der Waals surface area contributed by atoms with Crippen molar-refractivity contribution < 1.29 is 9.26 Å². The molecule has 2 aliphatic rings. The minimum atomic E-state index is -0.335. The smallest absolute Gasteiger partial charge is 0.244 e. The molecule has 1 aromatic heterocycles. The molecule has 1 aliphatic carbocycles. The Kier molecular flexibility index (Phi) is 4.06. The van der Waals surface area contributed by atoms with Crippen molar-refractivity contribution in [1.82, 2.24) is 15.5 Å². The minimum absolute atomic E-state index is 0.144. The first-order valence-corrected chi connectivity index (χ1v) is 8.20. The molecule has 0 aromatic carbocycles. The summed E-state index contributed by atoms with van der Waals surface area (Å²) in [5.74, 6) is 1.46. The van der Waals surface area contributed by atoms with Crippen molar-refractivity contribution in [3.63, 3.8) is 0 Å². The van der Waals surface area contributed by atoms with Crippen LogP contribution >= 0.6 is 0 Å². The molecule has 5 heteroatoms. The van der Waals surface area contributed by atoms with Crippen LogP contribution in [-0.2, 0) is 10.3 Å². The minimum Gasteiger partial charge on any atom is -0.370 e. The molecule has 2 heterocycles. The van der Waals surface area contributed by atoms with Crippen LogP contribution in [0, 0.1) is 5.41 Å². The van der Waals surface area contributed by atoms with Crippen molar-refractivity contribution in [3.05, 3.63) is 11.7 Å². The number of ether oxygens (including phenoxy) is 1. The van der Waals surface area contributed by atoms with Gasteiger partial charge >= 0.3 is 0 Å². The number of hydrogen-bond donors (Lipinski definition) is 1. The highest BCUT2D eigenvalue weighted by Gasteiger charge is 2.41. The molecular weight excluding hydrogens is 266 g/mol. The van der Waals surface area contributed by atoms with Gasteiger partial charge in [0.25, 0.3) is 0 Å². The first-order valence-electron chi connectivity index (χ1n) is 8.20. The van der Waals surface area contributed by atoms with Crippen LogP contribution in [0.25, 0.3) is 0 Å². The number of aromatic nitrogens is 2. The van der Waals surface area contributed by atoms with E-state index in [2.05, 4.69) is 24.3 Å². The quantitative estimate of drug-likeness (QED) is 0.926. The molecule has 1 unspecified atom stereocenters. The van der Waals surface area contributed by atoms with Crippen LogP contribution in [-0.4, -0.2) is 23.8 Å². The third-order valence-corrected chi connectivity index (χ3v) is 5.28. The summed E-state index contributed by atoms with van der Waals surface area (Å²) >= 11 is 0. The van der Waals surface area contributed by atoms with Crippen LogP contribution < -0.4 is 5.32 Å². The van der Waals surface area contributed by atoms with E-state index in [-0.39, 0.29) is 17.1 Å². The molecule has 2 fully saturated rings. The predicted octanol–water partition coefficient (Wildman–Crippen LogP) is 3.33. The van der Waals surface area contributed by atoms with E-state index in [1.165, 1.54) is 32.1 Å². The molecule has 21 heavy (non-hydrogen) atoms. The van der Waals surface area contributed by atoms with Crippen LogP contribution in [0.2, 0.25) is 0 Å². The van der Waals surface area contributed by atoms with Gasteiger partial charge in [-0.05, 0) is 37.6 Å². The number of nitrogens with one attached hydrogen (secondary N) is 1. The zero-order valence-corrected chi connectivity index (χ0v) is 13.4. The molecule has 0 radical (unpaired) electrons. The van der Waals surface area contributed by atoms with Crippen LogP contribution in [0.5, 0.6) is 0 Å². The van der Waals surface area contributed by atoms with Gasteiger partial charge in [-0.2, -0.15) is 4.98 Å². The summed E-state index contributed by atoms with van der Waals surface area (Å²) in [5, 5.41) is 7.81. The average molecular weight is 293 g/mol. The second kappa shape index (κ2) is 5.69. The average Bonchev–Trinajstić information content (AvgIpc) is 2.97. The van der Waals surface area contributed by atoms with Gasteiger partial charge in [0.15, 0.2) is 0 Å². The lowest BCUT2D eigenvalue weighted by atomic mass is 9.77. The molecule has 1 aromatic rings. The maximum absolute atomic E-state index is 5.81. The molecule has 1 N–H and O–H groups in total. The Morgan fingerprint density at radius 1 is 1.14 bits per heavy atom. The fourth-order valence-electron chi connectivity index (χ4n) is 3.81. The van der Waals surface area contributed by atoms with Crippen molar-refractivity contribution in [2.45, 2.75) is 70.4 Å². The lowest BCUT2D eigenvalue weighted by Gasteiger charge is -2.37. The van der Waals surface area contributed by atoms with Crippen LogP contribution in [0.4, 0.5) is 0 Å². The second-order valence-corrected chi connectivity index (χ2v) is 7.19. The van der Waals surface area contributed by atoms with Gasteiger partial charge in [0, 0.05) is 7.11 Å². The lowest BCUT2D eigenvalue weighted by Crippen LogP contribution is -2.40. The summed E-state index contributed by atoms with van der Waals surface area (Å²) in [4.78, 5) is 4.73. The van der Waals surface area contributed by atoms with Crippen LogP contribution in [0.15, 0.2) is 4.52 Å². The van der Waals surface area contributed by atoms with E-state index in [0.29, 0.717) is 0 Å². The second-order valence-electron chi connectivity index (χ2n) is 7.19. The van der Waals surface area contributed by atoms with Gasteiger partial charge in [0.1, 0.15) is 5.60 Å². The monoisotopic (exact) mass is 293 g/mol. The molecule has 5 nitrogen and oxygen atoms in total. The van der Waals surface area contributed by atoms with E-state index in [4.69, 9.17) is 14.2 Å². The lowest BCUT2D eigenvalue weighted by molar-refractivity contribution is -0.0527. The summed E-state index contributed by atoms with van der Waals surface area (Å²) in [5.41, 5.74) is -0.187. The van der Waals surface area contributed by atoms with E-state index in [0.717, 1.165) is 31.1 Å². The standard InChI is InChI=1S/C16H27N3O2/c1-15(2)8-7-11-17-12(15)13-18-14(19-21-13)16(20-3)9-5-4-6-10-16/h12,17H,4-11H2,1-3H3. The van der Waals surface area contributed by atoms with Crippen molar-refractivity contribution in [2.75, 3.05) is 13.7 Å². The highest BCUT2D eigenvalue weighted by atomic mass is 16.5. The number of methoxy groups -OCH3 is 1. The van der Waals surface area contributed by atoms with Crippen molar-refractivity contribution in [1.29, 1.82) is 0 Å². The van der Waals surface area contributed by atoms with Gasteiger partial charge in [0.05, 0.1) is 6.04 Å². The fourth-order valence-corrected chi connectivity index (χ4v) is 3.81. The third kappa shape index (κ3) is 2.73. The van der Waals surface area contributed by atoms with Gasteiger partial charge in [-0.3, -0.25) is 0 Å². The van der Waals surface area contributed by atoms with Gasteiger partial charge in [-0.25, -0.2) is 0 Å². The molecule has 1 saturated carbocycles. The molecule has 0 spiro atoms. The predicted molar refractivity (Wildman–Crippen MR) is 79.8 cm³/mol. The molecule has 0 bridgehead atoms. The van der Waals surface area contributed by atoms with Gasteiger partial charge in [-0.15, -0.1) is 0 Å². The van der Waals surface area contributed by atoms with Crippen molar-refractivity contribution >= 4 is 0 Å². The molecule has 3 rings (SSSR count). The van der Waals surface area contributed by atoms with Crippen LogP contribution in [0.1, 0.15) is 76.6 Å². The Bertz CT molecular complexity index is 478. The summed E-state index contributed by atoms with van der Waals surface area (Å²) in [6, 6.07) is 0.144. The highest BCUT2D eigenvalue weighted by molar-refractivity contribution is 5.07. The first kappa shape index (κ1) is 15.0. The maximum atomic E-state index is 5.81. The third-order valence-electron chi connectivity index (χ3n) is 5.28. The van der Waals surface area contributed by atoms with E-state index < -0.39 is 0 Å². The van der Waals surface area contributed by atoms with E-state index >= 15 is 0 Å². The van der Waals surface area contributed by atoms with Gasteiger partial charge < -0.3 is 14.6 Å². The van der Waals surface area contributed by atoms with E-state index in [9.17, 15) is 0 Å². The Labute approximate surface area is 126 Å². The Morgan fingerprint density at radius 3 is 2.57 bits per heavy atom. The molecule has 1 aliphatic heterocycles. The number of nitrogens with zero attached hydrogens (tertiary/aromatic N) is 2. The molecular formula is C16H27N3O2. The Hall–Kier alpha value is -0.940. The maximum Gasteiger partial charge on any atom is 0.244 e. The zero-order chi connectivity index (χ0) is 14.9. The van der Waals surface area contributed by atoms with Gasteiger partial charge in [0.2, 0.25) is 11.7 Å². The SMILES string of the molecule is COC1(c2noc(C3NCCCC3(C)C)n2)CCCCC1. The number of rotatable bonds is 3. The molecule has 1 saturated heterocycles. The number of piperidine rings is 1. The summed E-state index contributed by atoms with van der Waals surface area (Å²) in [7, 11) is 1.77. The molecule has 0 amide bonds. The van der Waals surface area contributed by atoms with E-state index in [1.807, 2.05) is 0 Å². The Balaban J connectivity index is 1.85.